The van der Waals surface area contributed by atoms with Gasteiger partial charge < -0.3 is 10.2 Å². The Bertz CT molecular complexity index is 1190. The second kappa shape index (κ2) is 9.09. The van der Waals surface area contributed by atoms with E-state index in [1.54, 1.807) is 6.92 Å². The lowest BCUT2D eigenvalue weighted by Gasteiger charge is -2.29. The minimum Gasteiger partial charge on any atom is -0.348 e. The first kappa shape index (κ1) is 25.4. The highest BCUT2D eigenvalue weighted by Crippen LogP contribution is 2.50. The molecule has 1 unspecified atom stereocenters. The largest absolute Gasteiger partial charge is 0.395 e. The van der Waals surface area contributed by atoms with Gasteiger partial charge in [0, 0.05) is 26.2 Å². The molecule has 2 amide bonds. The van der Waals surface area contributed by atoms with E-state index in [1.165, 1.54) is 55.4 Å². The van der Waals surface area contributed by atoms with Gasteiger partial charge in [0.2, 0.25) is 15.9 Å². The van der Waals surface area contributed by atoms with Crippen molar-refractivity contribution in [1.29, 1.82) is 0 Å². The summed E-state index contributed by atoms with van der Waals surface area (Å²) in [5.41, 5.74) is 0.764. The lowest BCUT2D eigenvalue weighted by atomic mass is 9.93. The van der Waals surface area contributed by atoms with Crippen molar-refractivity contribution in [3.8, 4) is 0 Å². The molecular weight excluding hydrogens is 483 g/mol. The maximum absolute atomic E-state index is 13.3. The minimum atomic E-state index is -4.31. The number of hydrogen-bond donors (Lipinski definition) is 1. The van der Waals surface area contributed by atoms with E-state index in [-0.39, 0.29) is 34.6 Å². The third-order valence-electron chi connectivity index (χ3n) is 6.95. The van der Waals surface area contributed by atoms with Crippen LogP contribution in [0.1, 0.15) is 30.1 Å². The Hall–Kier alpha value is -2.66. The van der Waals surface area contributed by atoms with E-state index >= 15 is 0 Å². The number of piperidine rings is 1. The molecule has 1 aromatic rings. The number of fused-ring (bicyclic) bond motifs is 1. The summed E-state index contributed by atoms with van der Waals surface area (Å²) in [6.07, 6.45) is 0.314. The van der Waals surface area contributed by atoms with Crippen molar-refractivity contribution in [2.75, 3.05) is 20.6 Å². The normalized spacial score (nSPS) is 26.8. The van der Waals surface area contributed by atoms with Crippen LogP contribution in [0.3, 0.4) is 0 Å². The number of halogens is 3. The standard InChI is InChI=1S/C24H28F3N3O4S/c1-14(15-7-9-18(10-8-15)24(25,26)27)28-22(31)21-20-12-17(20)13-30(21)23(32)16-5-4-6-19(11-16)35(33,34)29(2)3/h4-9,11,14,17-18,20-21H,10,12-13H2,1-3H3,(H,28,31)/t14-,17-,18?,20-,21-/m1/s1. The first-order valence-corrected chi connectivity index (χ1v) is 12.8. The zero-order valence-corrected chi connectivity index (χ0v) is 20.4. The number of allylic oxidation sites excluding steroid dienone is 2. The van der Waals surface area contributed by atoms with Crippen molar-refractivity contribution in [1.82, 2.24) is 14.5 Å². The number of nitrogens with zero attached hydrogens (tertiary/aromatic N) is 2. The van der Waals surface area contributed by atoms with Gasteiger partial charge in [-0.1, -0.05) is 24.3 Å². The van der Waals surface area contributed by atoms with Crippen LogP contribution in [0.25, 0.3) is 0 Å². The van der Waals surface area contributed by atoms with Gasteiger partial charge in [0.1, 0.15) is 6.04 Å². The van der Waals surface area contributed by atoms with E-state index in [1.807, 2.05) is 0 Å². The van der Waals surface area contributed by atoms with E-state index < -0.39 is 40.1 Å². The molecule has 0 aromatic heterocycles. The molecule has 1 N–H and O–H groups in total. The highest BCUT2D eigenvalue weighted by atomic mass is 32.2. The number of benzene rings is 1. The molecular formula is C24H28F3N3O4S. The van der Waals surface area contributed by atoms with E-state index in [2.05, 4.69) is 5.32 Å². The Balaban J connectivity index is 1.47. The Labute approximate surface area is 202 Å². The van der Waals surface area contributed by atoms with Gasteiger partial charge in [0.15, 0.2) is 0 Å². The third-order valence-corrected chi connectivity index (χ3v) is 8.76. The fourth-order valence-electron chi connectivity index (χ4n) is 4.76. The lowest BCUT2D eigenvalue weighted by Crippen LogP contribution is -2.50. The maximum atomic E-state index is 13.3. The second-order valence-electron chi connectivity index (χ2n) is 9.55. The maximum Gasteiger partial charge on any atom is 0.395 e. The smallest absolute Gasteiger partial charge is 0.348 e. The van der Waals surface area contributed by atoms with Crippen molar-refractivity contribution in [3.05, 3.63) is 53.6 Å². The van der Waals surface area contributed by atoms with Crippen LogP contribution in [0.4, 0.5) is 13.2 Å². The zero-order chi connectivity index (χ0) is 25.7. The fourth-order valence-corrected chi connectivity index (χ4v) is 5.71. The molecule has 0 radical (unpaired) electrons. The molecule has 11 heteroatoms. The van der Waals surface area contributed by atoms with Gasteiger partial charge in [-0.25, -0.2) is 12.7 Å². The van der Waals surface area contributed by atoms with Gasteiger partial charge in [0.25, 0.3) is 5.91 Å². The number of carbonyl (C=O) groups excluding carboxylic acids is 2. The van der Waals surface area contributed by atoms with Crippen molar-refractivity contribution >= 4 is 21.8 Å². The number of alkyl halides is 3. The summed E-state index contributed by atoms with van der Waals surface area (Å²) in [6.45, 7) is 2.10. The van der Waals surface area contributed by atoms with E-state index in [0.717, 1.165) is 16.8 Å². The molecule has 190 valence electrons. The number of hydrogen-bond acceptors (Lipinski definition) is 4. The van der Waals surface area contributed by atoms with Crippen LogP contribution in [0.15, 0.2) is 53.0 Å². The highest BCUT2D eigenvalue weighted by Gasteiger charge is 2.57. The minimum absolute atomic E-state index is 0.0134. The predicted molar refractivity (Wildman–Crippen MR) is 123 cm³/mol. The van der Waals surface area contributed by atoms with Crippen LogP contribution in [-0.2, 0) is 14.8 Å². The number of rotatable bonds is 6. The summed E-state index contributed by atoms with van der Waals surface area (Å²) >= 11 is 0. The molecule has 1 aliphatic heterocycles. The van der Waals surface area contributed by atoms with Gasteiger partial charge in [-0.2, -0.15) is 13.2 Å². The van der Waals surface area contributed by atoms with Crippen molar-refractivity contribution in [2.24, 2.45) is 17.8 Å². The van der Waals surface area contributed by atoms with Crippen LogP contribution < -0.4 is 5.32 Å². The fraction of sp³-hybridized carbons (Fsp3) is 0.500. The Morgan fingerprint density at radius 2 is 1.94 bits per heavy atom. The molecule has 0 bridgehead atoms. The Morgan fingerprint density at radius 3 is 2.54 bits per heavy atom. The first-order valence-electron chi connectivity index (χ1n) is 11.4. The van der Waals surface area contributed by atoms with Crippen LogP contribution >= 0.6 is 0 Å². The summed E-state index contributed by atoms with van der Waals surface area (Å²) in [5, 5.41) is 2.85. The number of likely N-dealkylation sites (tertiary alicyclic amines) is 1. The molecule has 1 saturated carbocycles. The molecule has 2 fully saturated rings. The summed E-state index contributed by atoms with van der Waals surface area (Å²) in [4.78, 5) is 28.0. The van der Waals surface area contributed by atoms with Crippen molar-refractivity contribution < 1.29 is 31.2 Å². The van der Waals surface area contributed by atoms with Gasteiger partial charge in [-0.3, -0.25) is 9.59 Å². The van der Waals surface area contributed by atoms with Gasteiger partial charge in [-0.05, 0) is 55.4 Å². The highest BCUT2D eigenvalue weighted by molar-refractivity contribution is 7.89. The number of sulfonamides is 1. The lowest BCUT2D eigenvalue weighted by molar-refractivity contribution is -0.160. The van der Waals surface area contributed by atoms with Gasteiger partial charge >= 0.3 is 6.18 Å². The van der Waals surface area contributed by atoms with Gasteiger partial charge in [0.05, 0.1) is 16.9 Å². The average Bonchev–Trinajstić information content (AvgIpc) is 3.46. The molecule has 2 aliphatic carbocycles. The van der Waals surface area contributed by atoms with Crippen LogP contribution in [0, 0.1) is 17.8 Å². The van der Waals surface area contributed by atoms with E-state index in [9.17, 15) is 31.2 Å². The zero-order valence-electron chi connectivity index (χ0n) is 19.6. The molecule has 4 rings (SSSR count). The molecule has 1 aromatic carbocycles. The third kappa shape index (κ3) is 5.02. The molecule has 1 heterocycles. The molecule has 35 heavy (non-hydrogen) atoms. The van der Waals surface area contributed by atoms with Crippen LogP contribution in [-0.4, -0.2) is 68.3 Å². The van der Waals surface area contributed by atoms with E-state index in [4.69, 9.17) is 0 Å². The molecule has 3 aliphatic rings. The summed E-state index contributed by atoms with van der Waals surface area (Å²) in [7, 11) is -0.925. The molecule has 5 atom stereocenters. The monoisotopic (exact) mass is 511 g/mol. The molecule has 1 saturated heterocycles. The van der Waals surface area contributed by atoms with Crippen LogP contribution in [0.5, 0.6) is 0 Å². The number of carbonyl (C=O) groups is 2. The van der Waals surface area contributed by atoms with E-state index in [0.29, 0.717) is 12.1 Å². The number of nitrogens with one attached hydrogen (secondary N) is 1. The first-order chi connectivity index (χ1) is 16.3. The number of amides is 2. The van der Waals surface area contributed by atoms with Crippen molar-refractivity contribution in [2.45, 2.75) is 42.9 Å². The Kier molecular flexibility index (Phi) is 6.60. The summed E-state index contributed by atoms with van der Waals surface area (Å²) in [5.74, 6) is -2.09. The van der Waals surface area contributed by atoms with Crippen molar-refractivity contribution in [3.63, 3.8) is 0 Å². The van der Waals surface area contributed by atoms with Gasteiger partial charge in [-0.15, -0.1) is 0 Å². The summed E-state index contributed by atoms with van der Waals surface area (Å²) in [6, 6.07) is 4.51. The molecule has 0 spiro atoms. The SMILES string of the molecule is C[C@@H](NC(=O)[C@H]1[C@@H]2C[C@@H]2CN1C(=O)c1cccc(S(=O)(=O)N(C)C)c1)C1=CCC(C(F)(F)F)C=C1. The molecule has 7 nitrogen and oxygen atoms in total. The second-order valence-corrected chi connectivity index (χ2v) is 11.7. The summed E-state index contributed by atoms with van der Waals surface area (Å²) < 4.78 is 64.7. The quantitative estimate of drug-likeness (QED) is 0.636. The Morgan fingerprint density at radius 1 is 1.23 bits per heavy atom. The van der Waals surface area contributed by atoms with Crippen LogP contribution in [0.2, 0.25) is 0 Å². The average molecular weight is 512 g/mol. The predicted octanol–water partition coefficient (Wildman–Crippen LogP) is 2.97. The topological polar surface area (TPSA) is 86.8 Å².